The van der Waals surface area contributed by atoms with E-state index in [0.717, 1.165) is 0 Å². The van der Waals surface area contributed by atoms with Crippen molar-refractivity contribution < 1.29 is 0 Å². The van der Waals surface area contributed by atoms with Crippen molar-refractivity contribution in [2.45, 2.75) is 58.3 Å². The monoisotopic (exact) mass is 262 g/mol. The summed E-state index contributed by atoms with van der Waals surface area (Å²) >= 11 is 1.64. The number of thiophene rings is 1. The van der Waals surface area contributed by atoms with Crippen molar-refractivity contribution in [3.8, 4) is 6.07 Å². The molecule has 2 nitrogen and oxygen atoms in total. The quantitative estimate of drug-likeness (QED) is 0.879. The minimum absolute atomic E-state index is 0.298. The van der Waals surface area contributed by atoms with Crippen LogP contribution in [0.25, 0.3) is 0 Å². The van der Waals surface area contributed by atoms with Gasteiger partial charge in [-0.15, -0.1) is 11.3 Å². The van der Waals surface area contributed by atoms with Crippen LogP contribution in [0.2, 0.25) is 0 Å². The molecule has 1 aliphatic carbocycles. The molecule has 98 valence electrons. The van der Waals surface area contributed by atoms with Crippen LogP contribution < -0.4 is 5.73 Å². The maximum absolute atomic E-state index is 9.15. The van der Waals surface area contributed by atoms with E-state index in [-0.39, 0.29) is 0 Å². The van der Waals surface area contributed by atoms with Crippen molar-refractivity contribution in [3.05, 3.63) is 15.3 Å². The van der Waals surface area contributed by atoms with Crippen molar-refractivity contribution in [3.63, 3.8) is 0 Å². The van der Waals surface area contributed by atoms with Gasteiger partial charge in [0, 0.05) is 10.3 Å². The molecule has 0 atom stereocenters. The largest absolute Gasteiger partial charge is 0.397 e. The van der Waals surface area contributed by atoms with Crippen molar-refractivity contribution in [2.75, 3.05) is 5.73 Å². The highest BCUT2D eigenvalue weighted by molar-refractivity contribution is 7.13. The smallest absolute Gasteiger partial charge is 0.128 e. The molecule has 2 rings (SSSR count). The van der Waals surface area contributed by atoms with Gasteiger partial charge in [-0.1, -0.05) is 26.7 Å². The van der Waals surface area contributed by atoms with Gasteiger partial charge in [-0.25, -0.2) is 0 Å². The van der Waals surface area contributed by atoms with Gasteiger partial charge in [0.15, 0.2) is 0 Å². The Balaban J connectivity index is 2.47. The number of hydrogen-bond acceptors (Lipinski definition) is 3. The zero-order valence-corrected chi connectivity index (χ0v) is 12.4. The molecule has 1 aromatic heterocycles. The fraction of sp³-hybridized carbons (Fsp3) is 0.667. The number of rotatable bonds is 3. The van der Waals surface area contributed by atoms with Crippen LogP contribution in [-0.2, 0) is 5.41 Å². The standard InChI is InChI=1S/C15H22N2S/c1-10(2)8-15(6-4-5-7-15)14-11(3)13(17)12(9-16)18-14/h10H,4-8,17H2,1-3H3. The van der Waals surface area contributed by atoms with Gasteiger partial charge in [-0.3, -0.25) is 0 Å². The summed E-state index contributed by atoms with van der Waals surface area (Å²) in [5.41, 5.74) is 8.24. The van der Waals surface area contributed by atoms with Crippen molar-refractivity contribution in [2.24, 2.45) is 5.92 Å². The van der Waals surface area contributed by atoms with Gasteiger partial charge in [0.1, 0.15) is 10.9 Å². The van der Waals surface area contributed by atoms with E-state index in [9.17, 15) is 0 Å². The molecule has 0 bridgehead atoms. The highest BCUT2D eigenvalue weighted by Gasteiger charge is 2.39. The van der Waals surface area contributed by atoms with Gasteiger partial charge in [0.2, 0.25) is 0 Å². The third-order valence-electron chi connectivity index (χ3n) is 4.14. The molecule has 1 aliphatic rings. The lowest BCUT2D eigenvalue weighted by Crippen LogP contribution is -2.24. The highest BCUT2D eigenvalue weighted by Crippen LogP contribution is 2.50. The number of hydrogen-bond donors (Lipinski definition) is 1. The minimum atomic E-state index is 0.298. The van der Waals surface area contributed by atoms with Crippen LogP contribution in [0, 0.1) is 24.2 Å². The van der Waals surface area contributed by atoms with E-state index in [1.807, 2.05) is 0 Å². The molecular formula is C15H22N2S. The van der Waals surface area contributed by atoms with Crippen LogP contribution in [-0.4, -0.2) is 0 Å². The van der Waals surface area contributed by atoms with Crippen LogP contribution in [0.3, 0.4) is 0 Å². The summed E-state index contributed by atoms with van der Waals surface area (Å²) in [6.45, 7) is 6.66. The summed E-state index contributed by atoms with van der Waals surface area (Å²) < 4.78 is 0. The minimum Gasteiger partial charge on any atom is -0.397 e. The third kappa shape index (κ3) is 2.14. The molecule has 0 unspecified atom stereocenters. The Hall–Kier alpha value is -1.01. The summed E-state index contributed by atoms with van der Waals surface area (Å²) in [5, 5.41) is 9.15. The zero-order valence-electron chi connectivity index (χ0n) is 11.5. The Morgan fingerprint density at radius 2 is 2.00 bits per heavy atom. The van der Waals surface area contributed by atoms with Crippen LogP contribution in [0.15, 0.2) is 0 Å². The lowest BCUT2D eigenvalue weighted by molar-refractivity contribution is 0.351. The van der Waals surface area contributed by atoms with Crippen molar-refractivity contribution in [1.29, 1.82) is 5.26 Å². The molecule has 18 heavy (non-hydrogen) atoms. The molecular weight excluding hydrogens is 240 g/mol. The van der Waals surface area contributed by atoms with E-state index in [2.05, 4.69) is 26.8 Å². The topological polar surface area (TPSA) is 49.8 Å². The van der Waals surface area contributed by atoms with Crippen LogP contribution >= 0.6 is 11.3 Å². The van der Waals surface area contributed by atoms with E-state index in [4.69, 9.17) is 11.0 Å². The van der Waals surface area contributed by atoms with Gasteiger partial charge >= 0.3 is 0 Å². The van der Waals surface area contributed by atoms with Gasteiger partial charge < -0.3 is 5.73 Å². The lowest BCUT2D eigenvalue weighted by atomic mass is 9.76. The molecule has 0 saturated heterocycles. The van der Waals surface area contributed by atoms with Gasteiger partial charge in [0.05, 0.1) is 5.69 Å². The molecule has 0 radical (unpaired) electrons. The maximum Gasteiger partial charge on any atom is 0.128 e. The highest BCUT2D eigenvalue weighted by atomic mass is 32.1. The molecule has 1 saturated carbocycles. The lowest BCUT2D eigenvalue weighted by Gasteiger charge is -2.31. The first-order valence-electron chi connectivity index (χ1n) is 6.79. The molecule has 0 amide bonds. The molecule has 3 heteroatoms. The predicted octanol–water partition coefficient (Wildman–Crippen LogP) is 4.37. The van der Waals surface area contributed by atoms with Crippen LogP contribution in [0.4, 0.5) is 5.69 Å². The molecule has 0 spiro atoms. The van der Waals surface area contributed by atoms with E-state index in [1.54, 1.807) is 11.3 Å². The molecule has 1 heterocycles. The van der Waals surface area contributed by atoms with E-state index in [1.165, 1.54) is 42.5 Å². The summed E-state index contributed by atoms with van der Waals surface area (Å²) in [6.07, 6.45) is 6.37. The van der Waals surface area contributed by atoms with Crippen LogP contribution in [0.1, 0.15) is 61.3 Å². The maximum atomic E-state index is 9.15. The summed E-state index contributed by atoms with van der Waals surface area (Å²) in [7, 11) is 0. The number of nitrogen functional groups attached to an aromatic ring is 1. The summed E-state index contributed by atoms with van der Waals surface area (Å²) in [5.74, 6) is 0.691. The Morgan fingerprint density at radius 1 is 1.39 bits per heavy atom. The molecule has 0 aromatic carbocycles. The number of nitriles is 1. The first-order valence-corrected chi connectivity index (χ1v) is 7.61. The van der Waals surface area contributed by atoms with Crippen molar-refractivity contribution >= 4 is 17.0 Å². The Morgan fingerprint density at radius 3 is 2.44 bits per heavy atom. The molecule has 0 aliphatic heterocycles. The van der Waals surface area contributed by atoms with Gasteiger partial charge in [-0.05, 0) is 37.7 Å². The second-order valence-corrected chi connectivity index (χ2v) is 7.02. The van der Waals surface area contributed by atoms with E-state index >= 15 is 0 Å². The fourth-order valence-corrected chi connectivity index (χ4v) is 4.75. The third-order valence-corrected chi connectivity index (χ3v) is 5.59. The van der Waals surface area contributed by atoms with Crippen LogP contribution in [0.5, 0.6) is 0 Å². The van der Waals surface area contributed by atoms with Crippen molar-refractivity contribution in [1.82, 2.24) is 0 Å². The zero-order chi connectivity index (χ0) is 13.3. The molecule has 1 fully saturated rings. The summed E-state index contributed by atoms with van der Waals surface area (Å²) in [6, 6.07) is 2.24. The Bertz CT molecular complexity index is 473. The van der Waals surface area contributed by atoms with E-state index in [0.29, 0.717) is 21.9 Å². The van der Waals surface area contributed by atoms with Gasteiger partial charge in [-0.2, -0.15) is 5.26 Å². The Labute approximate surface area is 114 Å². The number of anilines is 1. The second kappa shape index (κ2) is 4.93. The average Bonchev–Trinajstić information content (AvgIpc) is 2.87. The Kier molecular flexibility index (Phi) is 3.68. The predicted molar refractivity (Wildman–Crippen MR) is 77.8 cm³/mol. The van der Waals surface area contributed by atoms with E-state index < -0.39 is 0 Å². The number of nitrogens with zero attached hydrogens (tertiary/aromatic N) is 1. The SMILES string of the molecule is Cc1c(C2(CC(C)C)CCCC2)sc(C#N)c1N. The first-order chi connectivity index (χ1) is 8.50. The molecule has 2 N–H and O–H groups in total. The number of nitrogens with two attached hydrogens (primary N) is 1. The fourth-order valence-electron chi connectivity index (χ4n) is 3.47. The first kappa shape index (κ1) is 13.4. The summed E-state index contributed by atoms with van der Waals surface area (Å²) in [4.78, 5) is 2.10. The average molecular weight is 262 g/mol. The van der Waals surface area contributed by atoms with Gasteiger partial charge in [0.25, 0.3) is 0 Å². The molecule has 1 aromatic rings. The normalized spacial score (nSPS) is 18.2. The second-order valence-electron chi connectivity index (χ2n) is 6.00.